The third-order valence-electron chi connectivity index (χ3n) is 4.54. The lowest BCUT2D eigenvalue weighted by atomic mass is 10.2. The Bertz CT molecular complexity index is 865. The zero-order chi connectivity index (χ0) is 17.8. The smallest absolute Gasteiger partial charge is 0.254 e. The Morgan fingerprint density at radius 1 is 1.15 bits per heavy atom. The van der Waals surface area contributed by atoms with E-state index in [9.17, 15) is 4.79 Å². The van der Waals surface area contributed by atoms with Crippen molar-refractivity contribution in [3.63, 3.8) is 0 Å². The Morgan fingerprint density at radius 2 is 2.04 bits per heavy atom. The molecule has 1 amide bonds. The van der Waals surface area contributed by atoms with Crippen molar-refractivity contribution in [3.05, 3.63) is 72.7 Å². The summed E-state index contributed by atoms with van der Waals surface area (Å²) in [5, 5.41) is 4.26. The Balaban J connectivity index is 1.49. The molecule has 0 spiro atoms. The summed E-state index contributed by atoms with van der Waals surface area (Å²) in [5.74, 6) is 1.13. The van der Waals surface area contributed by atoms with E-state index in [-0.39, 0.29) is 11.9 Å². The molecule has 0 bridgehead atoms. The number of carbonyl (C=O) groups is 1. The van der Waals surface area contributed by atoms with Crippen molar-refractivity contribution in [1.29, 1.82) is 0 Å². The number of nitrogens with zero attached hydrogens (tertiary/aromatic N) is 4. The van der Waals surface area contributed by atoms with Crippen LogP contribution in [-0.2, 0) is 6.54 Å². The first-order valence-electron chi connectivity index (χ1n) is 8.77. The molecule has 1 fully saturated rings. The molecule has 0 unspecified atom stereocenters. The van der Waals surface area contributed by atoms with Crippen LogP contribution in [0.4, 0.5) is 0 Å². The molecule has 2 aromatic heterocycles. The van der Waals surface area contributed by atoms with E-state index in [0.29, 0.717) is 17.2 Å². The van der Waals surface area contributed by atoms with E-state index in [0.717, 1.165) is 25.9 Å². The van der Waals surface area contributed by atoms with Crippen molar-refractivity contribution >= 4 is 5.91 Å². The molecular weight excluding hydrogens is 328 g/mol. The van der Waals surface area contributed by atoms with E-state index >= 15 is 0 Å². The summed E-state index contributed by atoms with van der Waals surface area (Å²) in [4.78, 5) is 19.2. The number of hydrogen-bond acceptors (Lipinski definition) is 4. The molecule has 0 N–H and O–H groups in total. The molecule has 3 heterocycles. The van der Waals surface area contributed by atoms with Gasteiger partial charge in [-0.15, -0.1) is 0 Å². The van der Waals surface area contributed by atoms with Crippen molar-refractivity contribution in [1.82, 2.24) is 19.7 Å². The van der Waals surface area contributed by atoms with Crippen LogP contribution in [0.2, 0.25) is 0 Å². The summed E-state index contributed by atoms with van der Waals surface area (Å²) < 4.78 is 7.63. The van der Waals surface area contributed by atoms with E-state index in [1.165, 1.54) is 0 Å². The zero-order valence-electron chi connectivity index (χ0n) is 14.4. The monoisotopic (exact) mass is 348 g/mol. The largest absolute Gasteiger partial charge is 0.439 e. The number of para-hydroxylation sites is 1. The number of pyridine rings is 1. The van der Waals surface area contributed by atoms with E-state index in [2.05, 4.69) is 10.1 Å². The summed E-state index contributed by atoms with van der Waals surface area (Å²) >= 11 is 0. The second-order valence-corrected chi connectivity index (χ2v) is 6.32. The van der Waals surface area contributed by atoms with Crippen LogP contribution in [0.25, 0.3) is 0 Å². The van der Waals surface area contributed by atoms with Gasteiger partial charge in [0.25, 0.3) is 5.91 Å². The van der Waals surface area contributed by atoms with Gasteiger partial charge in [0.15, 0.2) is 0 Å². The van der Waals surface area contributed by atoms with Crippen LogP contribution in [0.15, 0.2) is 67.1 Å². The summed E-state index contributed by atoms with van der Waals surface area (Å²) in [6.07, 6.45) is 7.31. The second-order valence-electron chi connectivity index (χ2n) is 6.32. The molecule has 1 saturated heterocycles. The van der Waals surface area contributed by atoms with Crippen molar-refractivity contribution < 1.29 is 9.53 Å². The average molecular weight is 348 g/mol. The number of hydrogen-bond donors (Lipinski definition) is 0. The number of benzene rings is 1. The molecule has 1 aliphatic heterocycles. The standard InChI is InChI=1S/C20H20N4O2/c25-20(24-13-4-6-17(24)15-23-12-5-10-22-23)16-9-11-21-19(14-16)26-18-7-2-1-3-8-18/h1-3,5,7-12,14,17H,4,6,13,15H2/t17-/m0/s1. The van der Waals surface area contributed by atoms with Gasteiger partial charge < -0.3 is 9.64 Å². The fourth-order valence-corrected chi connectivity index (χ4v) is 3.29. The van der Waals surface area contributed by atoms with Gasteiger partial charge in [-0.2, -0.15) is 5.10 Å². The molecule has 0 radical (unpaired) electrons. The SMILES string of the molecule is O=C(c1ccnc(Oc2ccccc2)c1)N1CCC[C@H]1Cn1cccn1. The highest BCUT2D eigenvalue weighted by atomic mass is 16.5. The van der Waals surface area contributed by atoms with E-state index in [1.807, 2.05) is 52.2 Å². The van der Waals surface area contributed by atoms with Crippen LogP contribution >= 0.6 is 0 Å². The summed E-state index contributed by atoms with van der Waals surface area (Å²) in [6.45, 7) is 1.49. The maximum Gasteiger partial charge on any atom is 0.254 e. The number of amides is 1. The molecule has 1 aromatic carbocycles. The van der Waals surface area contributed by atoms with Crippen molar-refractivity contribution in [3.8, 4) is 11.6 Å². The van der Waals surface area contributed by atoms with Crippen LogP contribution in [0.1, 0.15) is 23.2 Å². The molecule has 26 heavy (non-hydrogen) atoms. The molecule has 4 rings (SSSR count). The first-order valence-corrected chi connectivity index (χ1v) is 8.77. The molecule has 0 aliphatic carbocycles. The lowest BCUT2D eigenvalue weighted by Crippen LogP contribution is -2.38. The van der Waals surface area contributed by atoms with Crippen LogP contribution in [0, 0.1) is 0 Å². The van der Waals surface area contributed by atoms with Gasteiger partial charge in [-0.3, -0.25) is 9.48 Å². The third-order valence-corrected chi connectivity index (χ3v) is 4.54. The zero-order valence-corrected chi connectivity index (χ0v) is 14.4. The van der Waals surface area contributed by atoms with Gasteiger partial charge in [-0.05, 0) is 37.1 Å². The van der Waals surface area contributed by atoms with Crippen molar-refractivity contribution in [2.75, 3.05) is 6.54 Å². The minimum absolute atomic E-state index is 0.0139. The van der Waals surface area contributed by atoms with E-state index < -0.39 is 0 Å². The molecule has 132 valence electrons. The predicted molar refractivity (Wildman–Crippen MR) is 97.0 cm³/mol. The van der Waals surface area contributed by atoms with Crippen molar-refractivity contribution in [2.45, 2.75) is 25.4 Å². The third kappa shape index (κ3) is 3.59. The minimum atomic E-state index is 0.0139. The summed E-state index contributed by atoms with van der Waals surface area (Å²) in [6, 6.07) is 14.9. The molecule has 1 aliphatic rings. The topological polar surface area (TPSA) is 60.2 Å². The van der Waals surface area contributed by atoms with Crippen LogP contribution in [-0.4, -0.2) is 38.2 Å². The van der Waals surface area contributed by atoms with Gasteiger partial charge in [0.1, 0.15) is 5.75 Å². The number of likely N-dealkylation sites (tertiary alicyclic amines) is 1. The molecule has 6 nitrogen and oxygen atoms in total. The Labute approximate surface area is 152 Å². The lowest BCUT2D eigenvalue weighted by Gasteiger charge is -2.25. The van der Waals surface area contributed by atoms with E-state index in [1.54, 1.807) is 24.5 Å². The fourth-order valence-electron chi connectivity index (χ4n) is 3.29. The second kappa shape index (κ2) is 7.39. The van der Waals surface area contributed by atoms with Crippen LogP contribution in [0.3, 0.4) is 0 Å². The highest BCUT2D eigenvalue weighted by molar-refractivity contribution is 5.94. The van der Waals surface area contributed by atoms with Crippen molar-refractivity contribution in [2.24, 2.45) is 0 Å². The molecular formula is C20H20N4O2. The highest BCUT2D eigenvalue weighted by Gasteiger charge is 2.30. The predicted octanol–water partition coefficient (Wildman–Crippen LogP) is 3.38. The van der Waals surface area contributed by atoms with Gasteiger partial charge in [0.2, 0.25) is 5.88 Å². The fraction of sp³-hybridized carbons (Fsp3) is 0.250. The molecule has 1 atom stereocenters. The maximum atomic E-state index is 13.0. The van der Waals surface area contributed by atoms with Gasteiger partial charge in [-0.25, -0.2) is 4.98 Å². The molecule has 0 saturated carbocycles. The minimum Gasteiger partial charge on any atom is -0.439 e. The number of rotatable bonds is 5. The Hall–Kier alpha value is -3.15. The number of ether oxygens (including phenoxy) is 1. The van der Waals surface area contributed by atoms with Crippen LogP contribution in [0.5, 0.6) is 11.6 Å². The normalized spacial score (nSPS) is 16.6. The first kappa shape index (κ1) is 16.3. The van der Waals surface area contributed by atoms with Gasteiger partial charge in [-0.1, -0.05) is 18.2 Å². The average Bonchev–Trinajstić information content (AvgIpc) is 3.35. The number of carbonyl (C=O) groups excluding carboxylic acids is 1. The summed E-state index contributed by atoms with van der Waals surface area (Å²) in [5.41, 5.74) is 0.596. The van der Waals surface area contributed by atoms with E-state index in [4.69, 9.17) is 4.74 Å². The van der Waals surface area contributed by atoms with Crippen LogP contribution < -0.4 is 4.74 Å². The van der Waals surface area contributed by atoms with Gasteiger partial charge >= 0.3 is 0 Å². The number of aromatic nitrogens is 3. The molecule has 6 heteroatoms. The van der Waals surface area contributed by atoms with Gasteiger partial charge in [0.05, 0.1) is 12.6 Å². The Kier molecular flexibility index (Phi) is 4.64. The first-order chi connectivity index (χ1) is 12.8. The molecule has 3 aromatic rings. The Morgan fingerprint density at radius 3 is 2.85 bits per heavy atom. The summed E-state index contributed by atoms with van der Waals surface area (Å²) in [7, 11) is 0. The quantitative estimate of drug-likeness (QED) is 0.709. The lowest BCUT2D eigenvalue weighted by molar-refractivity contribution is 0.0721. The maximum absolute atomic E-state index is 13.0. The van der Waals surface area contributed by atoms with Gasteiger partial charge in [0, 0.05) is 36.8 Å². The highest BCUT2D eigenvalue weighted by Crippen LogP contribution is 2.24.